The zero-order valence-electron chi connectivity index (χ0n) is 14.6. The third-order valence-electron chi connectivity index (χ3n) is 4.53. The Labute approximate surface area is 137 Å². The highest BCUT2D eigenvalue weighted by atomic mass is 16.1. The van der Waals surface area contributed by atoms with E-state index in [-0.39, 0.29) is 11.2 Å². The molecule has 4 heteroatoms. The fourth-order valence-corrected chi connectivity index (χ4v) is 2.95. The molecule has 2 aromatic rings. The number of rotatable bonds is 7. The van der Waals surface area contributed by atoms with E-state index < -0.39 is 0 Å². The molecule has 1 aromatic carbocycles. The van der Waals surface area contributed by atoms with Crippen molar-refractivity contribution in [3.63, 3.8) is 0 Å². The first kappa shape index (κ1) is 17.4. The zero-order valence-corrected chi connectivity index (χ0v) is 14.6. The molecule has 1 heterocycles. The van der Waals surface area contributed by atoms with Crippen LogP contribution in [-0.2, 0) is 6.54 Å². The molecule has 0 aliphatic rings. The molecule has 1 aromatic heterocycles. The van der Waals surface area contributed by atoms with Gasteiger partial charge < -0.3 is 9.88 Å². The Kier molecular flexibility index (Phi) is 5.72. The van der Waals surface area contributed by atoms with Crippen LogP contribution in [0, 0.1) is 6.92 Å². The number of aryl methyl sites for hydroxylation is 1. The van der Waals surface area contributed by atoms with Crippen molar-refractivity contribution >= 4 is 16.7 Å². The van der Waals surface area contributed by atoms with Crippen LogP contribution in [0.2, 0.25) is 0 Å². The average molecular weight is 315 g/mol. The molecule has 4 nitrogen and oxygen atoms in total. The molecule has 2 rings (SSSR count). The van der Waals surface area contributed by atoms with Gasteiger partial charge in [-0.3, -0.25) is 9.59 Å². The van der Waals surface area contributed by atoms with Gasteiger partial charge >= 0.3 is 0 Å². The number of Topliss-reactive ketones (excluding diaryl/α,β-unsaturated/α-hetero) is 1. The van der Waals surface area contributed by atoms with Gasteiger partial charge in [0.2, 0.25) is 0 Å². The first-order valence-electron chi connectivity index (χ1n) is 8.47. The molecule has 0 radical (unpaired) electrons. The maximum Gasteiger partial charge on any atom is 0.198 e. The summed E-state index contributed by atoms with van der Waals surface area (Å²) < 4.78 is 0. The molecule has 0 saturated carbocycles. The van der Waals surface area contributed by atoms with E-state index >= 15 is 0 Å². The molecule has 0 bridgehead atoms. The summed E-state index contributed by atoms with van der Waals surface area (Å²) in [6.07, 6.45) is 2.33. The molecule has 23 heavy (non-hydrogen) atoms. The maximum atomic E-state index is 12.9. The molecular weight excluding hydrogens is 288 g/mol. The van der Waals surface area contributed by atoms with Gasteiger partial charge in [-0.2, -0.15) is 0 Å². The third-order valence-corrected chi connectivity index (χ3v) is 4.53. The average Bonchev–Trinajstić information content (AvgIpc) is 2.53. The number of pyridine rings is 1. The Bertz CT molecular complexity index is 762. The van der Waals surface area contributed by atoms with Gasteiger partial charge in [0.1, 0.15) is 6.54 Å². The van der Waals surface area contributed by atoms with E-state index in [1.165, 1.54) is 24.7 Å². The highest BCUT2D eigenvalue weighted by Crippen LogP contribution is 2.14. The number of ketones is 1. The number of hydrogen-bond acceptors (Lipinski definition) is 2. The van der Waals surface area contributed by atoms with E-state index in [0.717, 1.165) is 36.4 Å². The van der Waals surface area contributed by atoms with Crippen molar-refractivity contribution in [3.05, 3.63) is 45.2 Å². The van der Waals surface area contributed by atoms with Crippen LogP contribution < -0.4 is 10.3 Å². The molecule has 1 atom stereocenters. The molecule has 0 amide bonds. The van der Waals surface area contributed by atoms with Gasteiger partial charge in [-0.1, -0.05) is 13.3 Å². The molecule has 0 saturated heterocycles. The molecule has 124 valence electrons. The Morgan fingerprint density at radius 2 is 2.00 bits per heavy atom. The first-order chi connectivity index (χ1) is 11.0. The second-order valence-electron chi connectivity index (χ2n) is 6.26. The maximum absolute atomic E-state index is 12.9. The van der Waals surface area contributed by atoms with Crippen LogP contribution in [0.3, 0.4) is 0 Å². The lowest BCUT2D eigenvalue weighted by molar-refractivity contribution is -0.912. The largest absolute Gasteiger partial charge is 0.358 e. The summed E-state index contributed by atoms with van der Waals surface area (Å²) in [6, 6.07) is 5.31. The predicted octanol–water partition coefficient (Wildman–Crippen LogP) is 2.24. The van der Waals surface area contributed by atoms with Gasteiger partial charge in [-0.15, -0.1) is 0 Å². The molecule has 2 N–H and O–H groups in total. The van der Waals surface area contributed by atoms with Gasteiger partial charge in [0.25, 0.3) is 0 Å². The topological polar surface area (TPSA) is 54.4 Å². The van der Waals surface area contributed by atoms with Crippen molar-refractivity contribution in [3.8, 4) is 0 Å². The number of aromatic nitrogens is 1. The van der Waals surface area contributed by atoms with Gasteiger partial charge in [-0.25, -0.2) is 0 Å². The van der Waals surface area contributed by atoms with Crippen LogP contribution in [0.4, 0.5) is 0 Å². The van der Waals surface area contributed by atoms with Gasteiger partial charge in [0.15, 0.2) is 11.2 Å². The predicted molar refractivity (Wildman–Crippen MR) is 94.3 cm³/mol. The number of quaternary nitrogens is 1. The third kappa shape index (κ3) is 3.88. The minimum Gasteiger partial charge on any atom is -0.358 e. The second-order valence-corrected chi connectivity index (χ2v) is 6.26. The van der Waals surface area contributed by atoms with Crippen LogP contribution in [0.15, 0.2) is 23.0 Å². The lowest BCUT2D eigenvalue weighted by Gasteiger charge is -2.18. The number of carbonyl (C=O) groups excluding carboxylic acids is 1. The molecular formula is C19H27N2O2+. The number of benzene rings is 1. The Morgan fingerprint density at radius 1 is 1.26 bits per heavy atom. The summed E-state index contributed by atoms with van der Waals surface area (Å²) in [5, 5.41) is 0.615. The van der Waals surface area contributed by atoms with Crippen LogP contribution in [0.25, 0.3) is 10.9 Å². The van der Waals surface area contributed by atoms with Gasteiger partial charge in [-0.05, 0) is 45.4 Å². The fourth-order valence-electron chi connectivity index (χ4n) is 2.95. The summed E-state index contributed by atoms with van der Waals surface area (Å²) in [6.45, 7) is 10.6. The van der Waals surface area contributed by atoms with E-state index in [4.69, 9.17) is 0 Å². The normalized spacial score (nSPS) is 12.5. The van der Waals surface area contributed by atoms with Crippen molar-refractivity contribution in [1.29, 1.82) is 0 Å². The summed E-state index contributed by atoms with van der Waals surface area (Å²) in [4.78, 5) is 29.2. The van der Waals surface area contributed by atoms with Gasteiger partial charge in [0, 0.05) is 22.2 Å². The molecule has 1 unspecified atom stereocenters. The number of carbonyl (C=O) groups is 1. The highest BCUT2D eigenvalue weighted by Gasteiger charge is 2.15. The van der Waals surface area contributed by atoms with Crippen LogP contribution in [0.1, 0.15) is 55.2 Å². The number of H-pyrrole nitrogens is 1. The Balaban J connectivity index is 2.47. The van der Waals surface area contributed by atoms with Crippen molar-refractivity contribution in [2.75, 3.05) is 13.1 Å². The molecule has 0 aliphatic heterocycles. The van der Waals surface area contributed by atoms with Crippen LogP contribution in [-0.4, -0.2) is 23.9 Å². The quantitative estimate of drug-likeness (QED) is 0.770. The standard InChI is InChI=1S/C19H26N2O2/c1-5-7-10-21(6-2)12-17-13(3)20-18-9-8-15(14(4)22)11-16(18)19(17)23/h8-9,11H,5-7,10,12H2,1-4H3,(H,20,23)/p+1. The number of nitrogens with one attached hydrogen (secondary N) is 2. The second kappa shape index (κ2) is 7.55. The summed E-state index contributed by atoms with van der Waals surface area (Å²) in [7, 11) is 0. The summed E-state index contributed by atoms with van der Waals surface area (Å²) >= 11 is 0. The van der Waals surface area contributed by atoms with Crippen LogP contribution in [0.5, 0.6) is 0 Å². The SMILES string of the molecule is CCCC[NH+](CC)Cc1c(C)[nH]c2ccc(C(C)=O)cc2c1=O. The highest BCUT2D eigenvalue weighted by molar-refractivity contribution is 5.97. The monoisotopic (exact) mass is 315 g/mol. The smallest absolute Gasteiger partial charge is 0.198 e. The fraction of sp³-hybridized carbons (Fsp3) is 0.474. The Hall–Kier alpha value is -1.94. The van der Waals surface area contributed by atoms with Crippen LogP contribution >= 0.6 is 0 Å². The van der Waals surface area contributed by atoms with Gasteiger partial charge in [0.05, 0.1) is 18.7 Å². The lowest BCUT2D eigenvalue weighted by atomic mass is 10.0. The van der Waals surface area contributed by atoms with E-state index in [1.807, 2.05) is 13.0 Å². The van der Waals surface area contributed by atoms with E-state index in [2.05, 4.69) is 18.8 Å². The molecule has 0 spiro atoms. The first-order valence-corrected chi connectivity index (χ1v) is 8.47. The van der Waals surface area contributed by atoms with E-state index in [0.29, 0.717) is 10.9 Å². The Morgan fingerprint density at radius 3 is 2.61 bits per heavy atom. The zero-order chi connectivity index (χ0) is 17.0. The summed E-state index contributed by atoms with van der Waals surface area (Å²) in [5.74, 6) is -0.0165. The summed E-state index contributed by atoms with van der Waals surface area (Å²) in [5.41, 5.74) is 3.21. The van der Waals surface area contributed by atoms with Crippen molar-refractivity contribution < 1.29 is 9.69 Å². The van der Waals surface area contributed by atoms with Crippen molar-refractivity contribution in [2.24, 2.45) is 0 Å². The number of unbranched alkanes of at least 4 members (excludes halogenated alkanes) is 1. The van der Waals surface area contributed by atoms with E-state index in [1.54, 1.807) is 12.1 Å². The van der Waals surface area contributed by atoms with Crippen molar-refractivity contribution in [2.45, 2.75) is 47.1 Å². The molecule has 0 fully saturated rings. The molecule has 0 aliphatic carbocycles. The lowest BCUT2D eigenvalue weighted by Crippen LogP contribution is -3.10. The minimum absolute atomic E-state index is 0.0165. The number of fused-ring (bicyclic) bond motifs is 1. The van der Waals surface area contributed by atoms with E-state index in [9.17, 15) is 9.59 Å². The number of aromatic amines is 1. The van der Waals surface area contributed by atoms with Crippen molar-refractivity contribution in [1.82, 2.24) is 4.98 Å². The number of hydrogen-bond donors (Lipinski definition) is 2. The minimum atomic E-state index is -0.0165.